The number of rotatable bonds is 8. The third-order valence-electron chi connectivity index (χ3n) is 4.33. The van der Waals surface area contributed by atoms with Gasteiger partial charge in [0.05, 0.1) is 6.04 Å². The van der Waals surface area contributed by atoms with Gasteiger partial charge in [-0.3, -0.25) is 4.79 Å². The number of hydrogen-bond acceptors (Lipinski definition) is 5. The van der Waals surface area contributed by atoms with Crippen molar-refractivity contribution in [3.05, 3.63) is 66.1 Å². The first kappa shape index (κ1) is 19.6. The van der Waals surface area contributed by atoms with E-state index >= 15 is 0 Å². The Labute approximate surface area is 164 Å². The molecule has 0 unspecified atom stereocenters. The van der Waals surface area contributed by atoms with Crippen molar-refractivity contribution in [2.75, 3.05) is 6.61 Å². The van der Waals surface area contributed by atoms with Crippen molar-refractivity contribution in [1.82, 2.24) is 15.5 Å². The van der Waals surface area contributed by atoms with Crippen LogP contribution in [0.15, 0.2) is 59.3 Å². The number of ether oxygens (including phenoxy) is 1. The van der Waals surface area contributed by atoms with Crippen LogP contribution in [0.2, 0.25) is 0 Å². The van der Waals surface area contributed by atoms with E-state index in [9.17, 15) is 4.79 Å². The van der Waals surface area contributed by atoms with E-state index < -0.39 is 0 Å². The van der Waals surface area contributed by atoms with Crippen molar-refractivity contribution in [2.45, 2.75) is 33.2 Å². The van der Waals surface area contributed by atoms with E-state index in [1.165, 1.54) is 12.0 Å². The van der Waals surface area contributed by atoms with E-state index in [4.69, 9.17) is 9.15 Å². The van der Waals surface area contributed by atoms with Crippen LogP contribution < -0.4 is 10.1 Å². The molecule has 0 saturated carbocycles. The van der Waals surface area contributed by atoms with E-state index in [0.717, 1.165) is 17.5 Å². The van der Waals surface area contributed by atoms with Gasteiger partial charge in [-0.1, -0.05) is 38.1 Å². The summed E-state index contributed by atoms with van der Waals surface area (Å²) in [4.78, 5) is 12.2. The minimum absolute atomic E-state index is 0.0460. The van der Waals surface area contributed by atoms with Gasteiger partial charge < -0.3 is 14.5 Å². The highest BCUT2D eigenvalue weighted by molar-refractivity contribution is 5.78. The van der Waals surface area contributed by atoms with Crippen LogP contribution in [0.4, 0.5) is 0 Å². The summed E-state index contributed by atoms with van der Waals surface area (Å²) in [5.41, 5.74) is 3.18. The lowest BCUT2D eigenvalue weighted by Gasteiger charge is -2.15. The molecule has 0 fully saturated rings. The minimum Gasteiger partial charge on any atom is -0.484 e. The van der Waals surface area contributed by atoms with Gasteiger partial charge in [-0.2, -0.15) is 0 Å². The number of benzene rings is 2. The summed E-state index contributed by atoms with van der Waals surface area (Å²) < 4.78 is 10.7. The number of aromatic nitrogens is 2. The standard InChI is InChI=1S/C22H25N3O3/c1-15(2)12-17-4-6-18(7-5-17)16(3)24-21(26)13-27-20-10-8-19(9-11-20)22-25-23-14-28-22/h4-11,14-16H,12-13H2,1-3H3,(H,24,26)/t16-/m0/s1. The lowest BCUT2D eigenvalue weighted by molar-refractivity contribution is -0.123. The zero-order valence-electron chi connectivity index (χ0n) is 16.4. The van der Waals surface area contributed by atoms with Gasteiger partial charge >= 0.3 is 0 Å². The van der Waals surface area contributed by atoms with Gasteiger partial charge in [0.2, 0.25) is 12.3 Å². The van der Waals surface area contributed by atoms with Crippen LogP contribution in [-0.4, -0.2) is 22.7 Å². The molecular formula is C22H25N3O3. The summed E-state index contributed by atoms with van der Waals surface area (Å²) >= 11 is 0. The average Bonchev–Trinajstić information content (AvgIpc) is 3.21. The molecule has 6 nitrogen and oxygen atoms in total. The van der Waals surface area contributed by atoms with E-state index in [1.807, 2.05) is 19.1 Å². The number of nitrogens with one attached hydrogen (secondary N) is 1. The average molecular weight is 379 g/mol. The molecule has 1 atom stereocenters. The fourth-order valence-electron chi connectivity index (χ4n) is 2.92. The van der Waals surface area contributed by atoms with Gasteiger partial charge in [0.25, 0.3) is 5.91 Å². The Morgan fingerprint density at radius 1 is 1.07 bits per heavy atom. The number of carbonyl (C=O) groups excluding carboxylic acids is 1. The van der Waals surface area contributed by atoms with Crippen LogP contribution in [0.5, 0.6) is 5.75 Å². The van der Waals surface area contributed by atoms with Crippen molar-refractivity contribution in [2.24, 2.45) is 5.92 Å². The van der Waals surface area contributed by atoms with E-state index in [-0.39, 0.29) is 18.6 Å². The van der Waals surface area contributed by atoms with Crippen molar-refractivity contribution < 1.29 is 13.9 Å². The zero-order valence-corrected chi connectivity index (χ0v) is 16.4. The second-order valence-corrected chi connectivity index (χ2v) is 7.19. The molecule has 1 N–H and O–H groups in total. The molecular weight excluding hydrogens is 354 g/mol. The second kappa shape index (κ2) is 9.17. The molecule has 3 aromatic rings. The second-order valence-electron chi connectivity index (χ2n) is 7.19. The summed E-state index contributed by atoms with van der Waals surface area (Å²) in [5.74, 6) is 1.50. The van der Waals surface area contributed by atoms with Crippen molar-refractivity contribution in [1.29, 1.82) is 0 Å². The van der Waals surface area contributed by atoms with Crippen molar-refractivity contribution in [3.8, 4) is 17.2 Å². The Morgan fingerprint density at radius 2 is 1.79 bits per heavy atom. The van der Waals surface area contributed by atoms with Crippen molar-refractivity contribution in [3.63, 3.8) is 0 Å². The maximum atomic E-state index is 12.2. The van der Waals surface area contributed by atoms with Gasteiger partial charge in [-0.05, 0) is 54.7 Å². The predicted octanol–water partition coefficient (Wildman–Crippen LogP) is 4.19. The van der Waals surface area contributed by atoms with E-state index in [0.29, 0.717) is 17.6 Å². The Morgan fingerprint density at radius 3 is 2.39 bits per heavy atom. The molecule has 6 heteroatoms. The normalized spacial score (nSPS) is 12.0. The molecule has 0 aliphatic carbocycles. The SMILES string of the molecule is CC(C)Cc1ccc([C@H](C)NC(=O)COc2ccc(-c3nnco3)cc2)cc1. The molecule has 0 spiro atoms. The minimum atomic E-state index is -0.167. The largest absolute Gasteiger partial charge is 0.484 e. The molecule has 2 aromatic carbocycles. The lowest BCUT2D eigenvalue weighted by atomic mass is 10.00. The number of nitrogens with zero attached hydrogens (tertiary/aromatic N) is 2. The molecule has 1 amide bonds. The topological polar surface area (TPSA) is 77.2 Å². The highest BCUT2D eigenvalue weighted by Gasteiger charge is 2.11. The first-order valence-corrected chi connectivity index (χ1v) is 9.39. The Balaban J connectivity index is 1.48. The van der Waals surface area contributed by atoms with Gasteiger partial charge in [-0.15, -0.1) is 10.2 Å². The maximum absolute atomic E-state index is 12.2. The summed E-state index contributed by atoms with van der Waals surface area (Å²) in [7, 11) is 0. The lowest BCUT2D eigenvalue weighted by Crippen LogP contribution is -2.31. The third-order valence-corrected chi connectivity index (χ3v) is 4.33. The van der Waals surface area contributed by atoms with Crippen LogP contribution in [0.3, 0.4) is 0 Å². The quantitative estimate of drug-likeness (QED) is 0.635. The van der Waals surface area contributed by atoms with Crippen molar-refractivity contribution >= 4 is 5.91 Å². The molecule has 1 aromatic heterocycles. The van der Waals surface area contributed by atoms with Gasteiger partial charge in [0, 0.05) is 5.56 Å². The first-order chi connectivity index (χ1) is 13.5. The summed E-state index contributed by atoms with van der Waals surface area (Å²) in [6.07, 6.45) is 2.34. The molecule has 28 heavy (non-hydrogen) atoms. The highest BCUT2D eigenvalue weighted by Crippen LogP contribution is 2.20. The molecule has 0 bridgehead atoms. The fraction of sp³-hybridized carbons (Fsp3) is 0.318. The van der Waals surface area contributed by atoms with E-state index in [1.54, 1.807) is 12.1 Å². The van der Waals surface area contributed by atoms with Gasteiger partial charge in [0.15, 0.2) is 6.61 Å². The Kier molecular flexibility index (Phi) is 6.42. The Hall–Kier alpha value is -3.15. The van der Waals surface area contributed by atoms with Gasteiger partial charge in [-0.25, -0.2) is 0 Å². The highest BCUT2D eigenvalue weighted by atomic mass is 16.5. The molecule has 0 radical (unpaired) electrons. The van der Waals surface area contributed by atoms with Crippen LogP contribution in [-0.2, 0) is 11.2 Å². The van der Waals surface area contributed by atoms with Crippen LogP contribution >= 0.6 is 0 Å². The zero-order chi connectivity index (χ0) is 19.9. The molecule has 0 saturated heterocycles. The first-order valence-electron chi connectivity index (χ1n) is 9.39. The number of amides is 1. The van der Waals surface area contributed by atoms with Crippen LogP contribution in [0.25, 0.3) is 11.5 Å². The number of hydrogen-bond donors (Lipinski definition) is 1. The van der Waals surface area contributed by atoms with E-state index in [2.05, 4.69) is 53.6 Å². The monoisotopic (exact) mass is 379 g/mol. The maximum Gasteiger partial charge on any atom is 0.258 e. The third kappa shape index (κ3) is 5.42. The fourth-order valence-corrected chi connectivity index (χ4v) is 2.92. The van der Waals surface area contributed by atoms with Crippen LogP contribution in [0.1, 0.15) is 37.9 Å². The molecule has 0 aliphatic heterocycles. The Bertz CT molecular complexity index is 872. The van der Waals surface area contributed by atoms with Crippen LogP contribution in [0, 0.1) is 5.92 Å². The summed E-state index contributed by atoms with van der Waals surface area (Å²) in [5, 5.41) is 10.5. The smallest absolute Gasteiger partial charge is 0.258 e. The molecule has 1 heterocycles. The predicted molar refractivity (Wildman–Crippen MR) is 107 cm³/mol. The molecule has 3 rings (SSSR count). The number of carbonyl (C=O) groups is 1. The van der Waals surface area contributed by atoms with Gasteiger partial charge in [0.1, 0.15) is 5.75 Å². The molecule has 0 aliphatic rings. The summed E-state index contributed by atoms with van der Waals surface area (Å²) in [6, 6.07) is 15.5. The summed E-state index contributed by atoms with van der Waals surface area (Å²) in [6.45, 7) is 6.33. The molecule has 146 valence electrons.